The first-order chi connectivity index (χ1) is 8.27. The topological polar surface area (TPSA) is 52.8 Å². The third-order valence-corrected chi connectivity index (χ3v) is 3.33. The summed E-state index contributed by atoms with van der Waals surface area (Å²) in [6.45, 7) is 2.73. The van der Waals surface area contributed by atoms with E-state index in [0.29, 0.717) is 10.7 Å². The van der Waals surface area contributed by atoms with E-state index in [1.807, 2.05) is 11.5 Å². The summed E-state index contributed by atoms with van der Waals surface area (Å²) in [7, 11) is 0. The lowest BCUT2D eigenvalue weighted by atomic mass is 10.2. The first-order valence-corrected chi connectivity index (χ1v) is 6.12. The molecule has 3 rings (SSSR count). The average Bonchev–Trinajstić information content (AvgIpc) is 2.68. The van der Waals surface area contributed by atoms with Crippen molar-refractivity contribution < 1.29 is 4.74 Å². The van der Waals surface area contributed by atoms with E-state index in [0.717, 1.165) is 30.9 Å². The van der Waals surface area contributed by atoms with Gasteiger partial charge in [0, 0.05) is 6.61 Å². The van der Waals surface area contributed by atoms with Crippen LogP contribution in [-0.4, -0.2) is 26.1 Å². The lowest BCUT2D eigenvalue weighted by Gasteiger charge is -2.24. The summed E-state index contributed by atoms with van der Waals surface area (Å²) >= 11 is 6.01. The second-order valence-corrected chi connectivity index (χ2v) is 4.54. The molecule has 0 N–H and O–H groups in total. The molecule has 1 unspecified atom stereocenters. The number of rotatable bonds is 1. The van der Waals surface area contributed by atoms with Gasteiger partial charge in [0.2, 0.25) is 0 Å². The highest BCUT2D eigenvalue weighted by Crippen LogP contribution is 2.28. The minimum atomic E-state index is 0.0275. The minimum Gasteiger partial charge on any atom is -0.358 e. The molecule has 1 atom stereocenters. The Morgan fingerprint density at radius 3 is 3.06 bits per heavy atom. The Bertz CT molecular complexity index is 548. The van der Waals surface area contributed by atoms with Gasteiger partial charge in [0.15, 0.2) is 10.8 Å². The Balaban J connectivity index is 2.14. The van der Waals surface area contributed by atoms with Gasteiger partial charge in [-0.05, 0) is 26.2 Å². The van der Waals surface area contributed by atoms with Crippen molar-refractivity contribution in [3.8, 4) is 0 Å². The molecule has 5 nitrogen and oxygen atoms in total. The fraction of sp³-hybridized carbons (Fsp3) is 0.545. The summed E-state index contributed by atoms with van der Waals surface area (Å²) in [6, 6.07) is 0. The van der Waals surface area contributed by atoms with Gasteiger partial charge in [-0.1, -0.05) is 11.6 Å². The van der Waals surface area contributed by atoms with Crippen molar-refractivity contribution in [1.29, 1.82) is 0 Å². The van der Waals surface area contributed by atoms with Crippen molar-refractivity contribution in [3.05, 3.63) is 17.3 Å². The summed E-state index contributed by atoms with van der Waals surface area (Å²) in [6.07, 6.45) is 4.78. The van der Waals surface area contributed by atoms with E-state index in [-0.39, 0.29) is 6.23 Å². The molecule has 1 aliphatic rings. The lowest BCUT2D eigenvalue weighted by molar-refractivity contribution is -0.0309. The van der Waals surface area contributed by atoms with Gasteiger partial charge in [0.25, 0.3) is 0 Å². The molecule has 90 valence electrons. The number of ether oxygens (including phenoxy) is 1. The summed E-state index contributed by atoms with van der Waals surface area (Å²) < 4.78 is 7.79. The first kappa shape index (κ1) is 10.9. The highest BCUT2D eigenvalue weighted by Gasteiger charge is 2.22. The smallest absolute Gasteiger partial charge is 0.167 e. The van der Waals surface area contributed by atoms with Crippen LogP contribution in [0.2, 0.25) is 5.15 Å². The number of hydrogen-bond donors (Lipinski definition) is 0. The van der Waals surface area contributed by atoms with E-state index in [2.05, 4.69) is 15.0 Å². The Hall–Kier alpha value is -1.20. The maximum Gasteiger partial charge on any atom is 0.167 e. The van der Waals surface area contributed by atoms with Crippen LogP contribution in [0.1, 0.15) is 31.3 Å². The summed E-state index contributed by atoms with van der Waals surface area (Å²) in [5.74, 6) is 0.870. The number of hydrogen-bond acceptors (Lipinski definition) is 4. The highest BCUT2D eigenvalue weighted by molar-refractivity contribution is 6.33. The zero-order chi connectivity index (χ0) is 11.8. The fourth-order valence-electron chi connectivity index (χ4n) is 2.26. The minimum absolute atomic E-state index is 0.0275. The molecule has 2 aromatic rings. The molecule has 0 aliphatic carbocycles. The number of aromatic nitrogens is 4. The Morgan fingerprint density at radius 1 is 1.41 bits per heavy atom. The van der Waals surface area contributed by atoms with Gasteiger partial charge in [-0.15, -0.1) is 0 Å². The van der Waals surface area contributed by atoms with Crippen molar-refractivity contribution in [1.82, 2.24) is 19.5 Å². The van der Waals surface area contributed by atoms with Crippen LogP contribution >= 0.6 is 11.6 Å². The number of nitrogens with zero attached hydrogens (tertiary/aromatic N) is 4. The lowest BCUT2D eigenvalue weighted by Crippen LogP contribution is -2.19. The number of imidazole rings is 1. The predicted octanol–water partition coefficient (Wildman–Crippen LogP) is 2.49. The van der Waals surface area contributed by atoms with Crippen LogP contribution in [0, 0.1) is 6.92 Å². The van der Waals surface area contributed by atoms with Crippen molar-refractivity contribution in [3.63, 3.8) is 0 Å². The molecule has 0 saturated carbocycles. The van der Waals surface area contributed by atoms with Crippen LogP contribution in [0.5, 0.6) is 0 Å². The van der Waals surface area contributed by atoms with E-state index >= 15 is 0 Å². The van der Waals surface area contributed by atoms with E-state index in [1.165, 1.54) is 12.7 Å². The molecule has 17 heavy (non-hydrogen) atoms. The second kappa shape index (κ2) is 4.23. The van der Waals surface area contributed by atoms with Crippen molar-refractivity contribution in [2.45, 2.75) is 32.4 Å². The van der Waals surface area contributed by atoms with Gasteiger partial charge in [0.1, 0.15) is 23.9 Å². The number of fused-ring (bicyclic) bond motifs is 1. The maximum atomic E-state index is 6.01. The van der Waals surface area contributed by atoms with Crippen LogP contribution in [0.25, 0.3) is 11.2 Å². The SMILES string of the molecule is Cc1nc2c(Cl)ncnc2n1C1CCCCO1. The van der Waals surface area contributed by atoms with Crippen LogP contribution < -0.4 is 0 Å². The monoisotopic (exact) mass is 252 g/mol. The van der Waals surface area contributed by atoms with Gasteiger partial charge in [-0.2, -0.15) is 0 Å². The number of aryl methyl sites for hydroxylation is 1. The second-order valence-electron chi connectivity index (χ2n) is 4.19. The molecular formula is C11H13ClN4O. The van der Waals surface area contributed by atoms with Gasteiger partial charge >= 0.3 is 0 Å². The normalized spacial score (nSPS) is 20.9. The van der Waals surface area contributed by atoms with Crippen LogP contribution in [0.15, 0.2) is 6.33 Å². The van der Waals surface area contributed by atoms with Crippen molar-refractivity contribution in [2.75, 3.05) is 6.61 Å². The molecule has 0 radical (unpaired) electrons. The van der Waals surface area contributed by atoms with Gasteiger partial charge in [0.05, 0.1) is 0 Å². The molecule has 0 amide bonds. The van der Waals surface area contributed by atoms with Crippen LogP contribution in [0.3, 0.4) is 0 Å². The fourth-order valence-corrected chi connectivity index (χ4v) is 2.43. The third-order valence-electron chi connectivity index (χ3n) is 3.05. The molecule has 0 bridgehead atoms. The Labute approximate surface area is 104 Å². The summed E-state index contributed by atoms with van der Waals surface area (Å²) in [5.41, 5.74) is 1.41. The van der Waals surface area contributed by atoms with Crippen molar-refractivity contribution >= 4 is 22.8 Å². The standard InChI is InChI=1S/C11H13ClN4O/c1-7-15-9-10(12)13-6-14-11(9)16(7)8-4-2-3-5-17-8/h6,8H,2-5H2,1H3. The molecule has 0 aromatic carbocycles. The largest absolute Gasteiger partial charge is 0.358 e. The van der Waals surface area contributed by atoms with Crippen molar-refractivity contribution in [2.24, 2.45) is 0 Å². The molecule has 6 heteroatoms. The predicted molar refractivity (Wildman–Crippen MR) is 63.9 cm³/mol. The van der Waals surface area contributed by atoms with E-state index < -0.39 is 0 Å². The zero-order valence-corrected chi connectivity index (χ0v) is 10.3. The van der Waals surface area contributed by atoms with E-state index in [4.69, 9.17) is 16.3 Å². The summed E-state index contributed by atoms with van der Waals surface area (Å²) in [5, 5.41) is 0.396. The van der Waals surface area contributed by atoms with Gasteiger partial charge < -0.3 is 4.74 Å². The quantitative estimate of drug-likeness (QED) is 0.732. The highest BCUT2D eigenvalue weighted by atomic mass is 35.5. The van der Waals surface area contributed by atoms with Crippen LogP contribution in [-0.2, 0) is 4.74 Å². The van der Waals surface area contributed by atoms with E-state index in [9.17, 15) is 0 Å². The van der Waals surface area contributed by atoms with E-state index in [1.54, 1.807) is 0 Å². The average molecular weight is 253 g/mol. The summed E-state index contributed by atoms with van der Waals surface area (Å²) in [4.78, 5) is 12.6. The molecule has 1 saturated heterocycles. The van der Waals surface area contributed by atoms with Gasteiger partial charge in [-0.3, -0.25) is 4.57 Å². The van der Waals surface area contributed by atoms with Gasteiger partial charge in [-0.25, -0.2) is 15.0 Å². The zero-order valence-electron chi connectivity index (χ0n) is 9.56. The third kappa shape index (κ3) is 1.79. The first-order valence-electron chi connectivity index (χ1n) is 5.74. The maximum absolute atomic E-state index is 6.01. The molecule has 0 spiro atoms. The molecule has 2 aromatic heterocycles. The molecule has 1 aliphatic heterocycles. The van der Waals surface area contributed by atoms with Crippen LogP contribution in [0.4, 0.5) is 0 Å². The molecule has 1 fully saturated rings. The molecular weight excluding hydrogens is 240 g/mol. The number of halogens is 1. The Kier molecular flexibility index (Phi) is 2.72. The Morgan fingerprint density at radius 2 is 2.29 bits per heavy atom. The molecule has 3 heterocycles.